The van der Waals surface area contributed by atoms with Gasteiger partial charge in [-0.3, -0.25) is 14.7 Å². The largest absolute Gasteiger partial charge is 0.369 e. The van der Waals surface area contributed by atoms with Gasteiger partial charge in [-0.25, -0.2) is 4.98 Å². The maximum Gasteiger partial charge on any atom is 0.252 e. The van der Waals surface area contributed by atoms with E-state index in [9.17, 15) is 4.79 Å². The Kier molecular flexibility index (Phi) is 7.09. The van der Waals surface area contributed by atoms with Crippen LogP contribution in [0.2, 0.25) is 0 Å². The van der Waals surface area contributed by atoms with Gasteiger partial charge in [0.2, 0.25) is 5.95 Å². The first-order valence-electron chi connectivity index (χ1n) is 10.5. The van der Waals surface area contributed by atoms with E-state index in [0.717, 1.165) is 62.7 Å². The Morgan fingerprint density at radius 1 is 1.14 bits per heavy atom. The monoisotopic (exact) mass is 383 g/mol. The minimum absolute atomic E-state index is 0.112. The number of nitrogens with one attached hydrogen (secondary N) is 2. The van der Waals surface area contributed by atoms with E-state index in [1.54, 1.807) is 6.07 Å². The standard InChI is InChI=1S/C22H33N5O/c1-4-5-6-19-15-21(28)25-22(24-19)23-18-7-9-20(10-8-18)27-13-11-26(12-14-27)16-17(2)3/h7-10,15,17H,4-6,11-14,16H2,1-3H3,(H2,23,24,25,28). The molecule has 2 heterocycles. The average molecular weight is 384 g/mol. The highest BCUT2D eigenvalue weighted by atomic mass is 16.1. The Hall–Kier alpha value is -2.34. The zero-order chi connectivity index (χ0) is 19.9. The summed E-state index contributed by atoms with van der Waals surface area (Å²) in [6.45, 7) is 12.2. The number of anilines is 3. The summed E-state index contributed by atoms with van der Waals surface area (Å²) < 4.78 is 0. The molecule has 2 N–H and O–H groups in total. The van der Waals surface area contributed by atoms with Crippen molar-refractivity contribution < 1.29 is 0 Å². The van der Waals surface area contributed by atoms with Gasteiger partial charge < -0.3 is 10.2 Å². The van der Waals surface area contributed by atoms with Crippen LogP contribution in [0.5, 0.6) is 0 Å². The van der Waals surface area contributed by atoms with Crippen molar-refractivity contribution in [3.8, 4) is 0 Å². The number of benzene rings is 1. The molecule has 0 bridgehead atoms. The number of hydrogen-bond acceptors (Lipinski definition) is 5. The third kappa shape index (κ3) is 5.83. The van der Waals surface area contributed by atoms with Crippen LogP contribution in [0.4, 0.5) is 17.3 Å². The topological polar surface area (TPSA) is 64.3 Å². The van der Waals surface area contributed by atoms with Crippen LogP contribution >= 0.6 is 0 Å². The molecule has 0 aliphatic carbocycles. The smallest absolute Gasteiger partial charge is 0.252 e. The first kappa shape index (κ1) is 20.4. The lowest BCUT2D eigenvalue weighted by Gasteiger charge is -2.36. The quantitative estimate of drug-likeness (QED) is 0.729. The van der Waals surface area contributed by atoms with Gasteiger partial charge in [0.1, 0.15) is 0 Å². The van der Waals surface area contributed by atoms with Crippen molar-refractivity contribution in [3.63, 3.8) is 0 Å². The minimum atomic E-state index is -0.112. The predicted molar refractivity (Wildman–Crippen MR) is 117 cm³/mol. The second-order valence-electron chi connectivity index (χ2n) is 8.04. The van der Waals surface area contributed by atoms with Gasteiger partial charge in [0.25, 0.3) is 5.56 Å². The molecule has 6 heteroatoms. The van der Waals surface area contributed by atoms with Crippen molar-refractivity contribution in [2.75, 3.05) is 42.9 Å². The van der Waals surface area contributed by atoms with Gasteiger partial charge >= 0.3 is 0 Å². The Bertz CT molecular complexity index is 791. The van der Waals surface area contributed by atoms with Crippen LogP contribution in [0.1, 0.15) is 39.3 Å². The van der Waals surface area contributed by atoms with Crippen LogP contribution in [0.25, 0.3) is 0 Å². The van der Waals surface area contributed by atoms with E-state index in [1.807, 2.05) is 0 Å². The van der Waals surface area contributed by atoms with Gasteiger partial charge in [-0.05, 0) is 43.0 Å². The number of rotatable bonds is 8. The first-order chi connectivity index (χ1) is 13.5. The highest BCUT2D eigenvalue weighted by Gasteiger charge is 2.17. The second kappa shape index (κ2) is 9.73. The molecule has 28 heavy (non-hydrogen) atoms. The Labute approximate surface area is 168 Å². The molecule has 2 aromatic rings. The van der Waals surface area contributed by atoms with Crippen molar-refractivity contribution in [1.82, 2.24) is 14.9 Å². The Balaban J connectivity index is 1.59. The molecule has 1 fully saturated rings. The summed E-state index contributed by atoms with van der Waals surface area (Å²) >= 11 is 0. The number of H-pyrrole nitrogens is 1. The van der Waals surface area contributed by atoms with E-state index in [0.29, 0.717) is 5.95 Å². The molecule has 0 spiro atoms. The maximum atomic E-state index is 11.9. The molecule has 0 radical (unpaired) electrons. The van der Waals surface area contributed by atoms with E-state index in [-0.39, 0.29) is 5.56 Å². The van der Waals surface area contributed by atoms with Gasteiger partial charge in [-0.15, -0.1) is 0 Å². The molecule has 0 amide bonds. The van der Waals surface area contributed by atoms with Crippen LogP contribution in [-0.4, -0.2) is 47.6 Å². The Morgan fingerprint density at radius 2 is 1.86 bits per heavy atom. The lowest BCUT2D eigenvalue weighted by molar-refractivity contribution is 0.231. The van der Waals surface area contributed by atoms with E-state index >= 15 is 0 Å². The molecule has 152 valence electrons. The van der Waals surface area contributed by atoms with Crippen molar-refractivity contribution in [3.05, 3.63) is 46.4 Å². The van der Waals surface area contributed by atoms with E-state index in [2.05, 4.69) is 70.1 Å². The highest BCUT2D eigenvalue weighted by Crippen LogP contribution is 2.21. The summed E-state index contributed by atoms with van der Waals surface area (Å²) in [5.74, 6) is 1.23. The van der Waals surface area contributed by atoms with E-state index < -0.39 is 0 Å². The Morgan fingerprint density at radius 3 is 2.50 bits per heavy atom. The van der Waals surface area contributed by atoms with Crippen LogP contribution in [0, 0.1) is 5.92 Å². The van der Waals surface area contributed by atoms with E-state index in [4.69, 9.17) is 0 Å². The maximum absolute atomic E-state index is 11.9. The van der Waals surface area contributed by atoms with Gasteiger partial charge in [-0.1, -0.05) is 27.2 Å². The molecule has 0 saturated carbocycles. The number of piperazine rings is 1. The summed E-state index contributed by atoms with van der Waals surface area (Å²) in [7, 11) is 0. The molecule has 0 atom stereocenters. The van der Waals surface area contributed by atoms with Crippen LogP contribution in [-0.2, 0) is 6.42 Å². The van der Waals surface area contributed by atoms with Crippen LogP contribution in [0.3, 0.4) is 0 Å². The SMILES string of the molecule is CCCCc1cc(=O)[nH]c(Nc2ccc(N3CCN(CC(C)C)CC3)cc2)n1. The average Bonchev–Trinajstić information content (AvgIpc) is 2.67. The number of nitrogens with zero attached hydrogens (tertiary/aromatic N) is 3. The summed E-state index contributed by atoms with van der Waals surface area (Å²) in [4.78, 5) is 24.2. The molecule has 1 aliphatic rings. The van der Waals surface area contributed by atoms with Crippen molar-refractivity contribution >= 4 is 17.3 Å². The molecule has 1 aliphatic heterocycles. The number of unbranched alkanes of at least 4 members (excludes halogenated alkanes) is 1. The predicted octanol–water partition coefficient (Wildman–Crippen LogP) is 3.63. The fourth-order valence-corrected chi connectivity index (χ4v) is 3.65. The molecule has 6 nitrogen and oxygen atoms in total. The molecular weight excluding hydrogens is 350 g/mol. The third-order valence-corrected chi connectivity index (χ3v) is 5.07. The minimum Gasteiger partial charge on any atom is -0.369 e. The van der Waals surface area contributed by atoms with Crippen molar-refractivity contribution in [2.24, 2.45) is 5.92 Å². The first-order valence-corrected chi connectivity index (χ1v) is 10.5. The molecule has 1 aromatic carbocycles. The van der Waals surface area contributed by atoms with Gasteiger partial charge in [0, 0.05) is 55.9 Å². The normalized spacial score (nSPS) is 15.2. The number of aryl methyl sites for hydroxylation is 1. The lowest BCUT2D eigenvalue weighted by Crippen LogP contribution is -2.47. The van der Waals surface area contributed by atoms with Crippen LogP contribution < -0.4 is 15.8 Å². The van der Waals surface area contributed by atoms with E-state index in [1.165, 1.54) is 12.2 Å². The molecular formula is C22H33N5O. The lowest BCUT2D eigenvalue weighted by atomic mass is 10.2. The number of aromatic nitrogens is 2. The van der Waals surface area contributed by atoms with Gasteiger partial charge in [0.15, 0.2) is 0 Å². The zero-order valence-corrected chi connectivity index (χ0v) is 17.4. The fourth-order valence-electron chi connectivity index (χ4n) is 3.65. The molecule has 1 aromatic heterocycles. The van der Waals surface area contributed by atoms with Crippen molar-refractivity contribution in [2.45, 2.75) is 40.0 Å². The number of hydrogen-bond donors (Lipinski definition) is 2. The second-order valence-corrected chi connectivity index (χ2v) is 8.04. The molecule has 0 unspecified atom stereocenters. The third-order valence-electron chi connectivity index (χ3n) is 5.07. The van der Waals surface area contributed by atoms with Gasteiger partial charge in [-0.2, -0.15) is 0 Å². The fraction of sp³-hybridized carbons (Fsp3) is 0.545. The van der Waals surface area contributed by atoms with Crippen molar-refractivity contribution in [1.29, 1.82) is 0 Å². The summed E-state index contributed by atoms with van der Waals surface area (Å²) in [5, 5.41) is 3.23. The summed E-state index contributed by atoms with van der Waals surface area (Å²) in [6, 6.07) is 9.96. The highest BCUT2D eigenvalue weighted by molar-refractivity contribution is 5.59. The van der Waals surface area contributed by atoms with Gasteiger partial charge in [0.05, 0.1) is 0 Å². The molecule has 3 rings (SSSR count). The molecule has 1 saturated heterocycles. The van der Waals surface area contributed by atoms with Crippen LogP contribution in [0.15, 0.2) is 35.1 Å². The zero-order valence-electron chi connectivity index (χ0n) is 17.4. The summed E-state index contributed by atoms with van der Waals surface area (Å²) in [6.07, 6.45) is 2.95. The summed E-state index contributed by atoms with van der Waals surface area (Å²) in [5.41, 5.74) is 2.90. The number of aromatic amines is 1.